The molecule has 4 aromatic rings. The highest BCUT2D eigenvalue weighted by molar-refractivity contribution is 5.83. The first-order valence-electron chi connectivity index (χ1n) is 9.04. The van der Waals surface area contributed by atoms with E-state index in [-0.39, 0.29) is 0 Å². The molecule has 6 heteroatoms. The maximum Gasteiger partial charge on any atom is 0.191 e. The average molecular weight is 358 g/mol. The Bertz CT molecular complexity index is 1080. The summed E-state index contributed by atoms with van der Waals surface area (Å²) in [5, 5.41) is 17.6. The SMILES string of the molecule is CN=C(NCCc1ccc2ccccc2c1)NCc1nnc2ccccn12. The Morgan fingerprint density at radius 3 is 2.70 bits per heavy atom. The number of aliphatic imine (C=N–C) groups is 1. The largest absolute Gasteiger partial charge is 0.356 e. The summed E-state index contributed by atoms with van der Waals surface area (Å²) in [4.78, 5) is 4.29. The first-order chi connectivity index (χ1) is 13.3. The summed E-state index contributed by atoms with van der Waals surface area (Å²) < 4.78 is 1.97. The minimum absolute atomic E-state index is 0.556. The molecule has 0 amide bonds. The predicted molar refractivity (Wildman–Crippen MR) is 109 cm³/mol. The molecular weight excluding hydrogens is 336 g/mol. The molecule has 0 fully saturated rings. The van der Waals surface area contributed by atoms with E-state index in [9.17, 15) is 0 Å². The molecule has 2 aromatic heterocycles. The molecule has 0 aliphatic heterocycles. The summed E-state index contributed by atoms with van der Waals surface area (Å²) in [5.74, 6) is 1.60. The molecule has 27 heavy (non-hydrogen) atoms. The highest BCUT2D eigenvalue weighted by Crippen LogP contribution is 2.15. The van der Waals surface area contributed by atoms with E-state index < -0.39 is 0 Å². The zero-order chi connectivity index (χ0) is 18.5. The smallest absolute Gasteiger partial charge is 0.191 e. The van der Waals surface area contributed by atoms with Gasteiger partial charge in [0.2, 0.25) is 0 Å². The first kappa shape index (κ1) is 17.0. The number of hydrogen-bond acceptors (Lipinski definition) is 3. The van der Waals surface area contributed by atoms with Crippen LogP contribution in [0.1, 0.15) is 11.4 Å². The molecule has 0 bridgehead atoms. The number of rotatable bonds is 5. The second-order valence-corrected chi connectivity index (χ2v) is 6.33. The molecule has 2 aromatic carbocycles. The van der Waals surface area contributed by atoms with Gasteiger partial charge in [0.15, 0.2) is 17.4 Å². The van der Waals surface area contributed by atoms with Crippen LogP contribution in [0.2, 0.25) is 0 Å². The Kier molecular flexibility index (Phi) is 4.96. The third kappa shape index (κ3) is 3.89. The molecule has 0 atom stereocenters. The van der Waals surface area contributed by atoms with Gasteiger partial charge in [0.1, 0.15) is 0 Å². The molecule has 0 unspecified atom stereocenters. The second kappa shape index (κ2) is 7.86. The Morgan fingerprint density at radius 1 is 0.963 bits per heavy atom. The summed E-state index contributed by atoms with van der Waals surface area (Å²) in [6, 6.07) is 20.9. The molecule has 0 saturated carbocycles. The van der Waals surface area contributed by atoms with Gasteiger partial charge in [-0.15, -0.1) is 10.2 Å². The average Bonchev–Trinajstić information content (AvgIpc) is 3.13. The summed E-state index contributed by atoms with van der Waals surface area (Å²) >= 11 is 0. The lowest BCUT2D eigenvalue weighted by Gasteiger charge is -2.11. The quantitative estimate of drug-likeness (QED) is 0.425. The van der Waals surface area contributed by atoms with Gasteiger partial charge in [0.25, 0.3) is 0 Å². The zero-order valence-electron chi connectivity index (χ0n) is 15.3. The summed E-state index contributed by atoms with van der Waals surface area (Å²) in [7, 11) is 1.77. The van der Waals surface area contributed by atoms with Crippen LogP contribution in [-0.4, -0.2) is 34.2 Å². The van der Waals surface area contributed by atoms with Crippen molar-refractivity contribution in [2.45, 2.75) is 13.0 Å². The molecule has 0 saturated heterocycles. The monoisotopic (exact) mass is 358 g/mol. The zero-order valence-corrected chi connectivity index (χ0v) is 15.3. The van der Waals surface area contributed by atoms with Crippen LogP contribution < -0.4 is 10.6 Å². The third-order valence-corrected chi connectivity index (χ3v) is 4.54. The van der Waals surface area contributed by atoms with Crippen LogP contribution in [0.3, 0.4) is 0 Å². The van der Waals surface area contributed by atoms with Crippen molar-refractivity contribution >= 4 is 22.4 Å². The van der Waals surface area contributed by atoms with Crippen LogP contribution in [0.4, 0.5) is 0 Å². The molecule has 0 spiro atoms. The summed E-state index contributed by atoms with van der Waals surface area (Å²) in [5.41, 5.74) is 2.15. The third-order valence-electron chi connectivity index (χ3n) is 4.54. The van der Waals surface area contributed by atoms with E-state index in [1.807, 2.05) is 28.8 Å². The summed E-state index contributed by atoms with van der Waals surface area (Å²) in [6.07, 6.45) is 2.89. The van der Waals surface area contributed by atoms with E-state index in [4.69, 9.17) is 0 Å². The molecule has 0 radical (unpaired) electrons. The highest BCUT2D eigenvalue weighted by atomic mass is 15.3. The van der Waals surface area contributed by atoms with E-state index in [1.54, 1.807) is 7.05 Å². The molecule has 0 aliphatic rings. The molecule has 0 aliphatic carbocycles. The molecule has 4 rings (SSSR count). The number of pyridine rings is 1. The number of fused-ring (bicyclic) bond motifs is 2. The standard InChI is InChI=1S/C21H22N6/c1-22-21(24-15-20-26-25-19-8-4-5-13-27(19)20)23-12-11-16-9-10-17-6-2-3-7-18(17)14-16/h2-10,13-14H,11-12,15H2,1H3,(H2,22,23,24). The van der Waals surface area contributed by atoms with Crippen LogP contribution in [-0.2, 0) is 13.0 Å². The maximum atomic E-state index is 4.29. The van der Waals surface area contributed by atoms with Crippen LogP contribution in [0.25, 0.3) is 16.4 Å². The van der Waals surface area contributed by atoms with E-state index in [0.29, 0.717) is 6.54 Å². The Morgan fingerprint density at radius 2 is 1.81 bits per heavy atom. The Hall–Kier alpha value is -3.41. The predicted octanol–water partition coefficient (Wildman–Crippen LogP) is 2.79. The number of nitrogens with one attached hydrogen (secondary N) is 2. The molecule has 2 heterocycles. The lowest BCUT2D eigenvalue weighted by molar-refractivity contribution is 0.757. The van der Waals surface area contributed by atoms with Crippen molar-refractivity contribution < 1.29 is 0 Å². The van der Waals surface area contributed by atoms with Gasteiger partial charge in [-0.2, -0.15) is 0 Å². The maximum absolute atomic E-state index is 4.29. The molecule has 2 N–H and O–H groups in total. The van der Waals surface area contributed by atoms with Crippen LogP contribution in [0.5, 0.6) is 0 Å². The number of guanidine groups is 1. The number of benzene rings is 2. The van der Waals surface area contributed by atoms with Crippen molar-refractivity contribution in [2.75, 3.05) is 13.6 Å². The molecule has 6 nitrogen and oxygen atoms in total. The number of nitrogens with zero attached hydrogens (tertiary/aromatic N) is 4. The van der Waals surface area contributed by atoms with Gasteiger partial charge in [-0.3, -0.25) is 9.39 Å². The van der Waals surface area contributed by atoms with Gasteiger partial charge >= 0.3 is 0 Å². The normalized spacial score (nSPS) is 11.8. The second-order valence-electron chi connectivity index (χ2n) is 6.33. The van der Waals surface area contributed by atoms with Gasteiger partial charge in [-0.05, 0) is 34.9 Å². The van der Waals surface area contributed by atoms with Crippen molar-refractivity contribution in [3.05, 3.63) is 78.2 Å². The lowest BCUT2D eigenvalue weighted by Crippen LogP contribution is -2.38. The fraction of sp³-hybridized carbons (Fsp3) is 0.190. The van der Waals surface area contributed by atoms with Crippen LogP contribution in [0, 0.1) is 0 Å². The topological polar surface area (TPSA) is 66.6 Å². The number of aromatic nitrogens is 3. The molecule has 136 valence electrons. The summed E-state index contributed by atoms with van der Waals surface area (Å²) in [6.45, 7) is 1.36. The highest BCUT2D eigenvalue weighted by Gasteiger charge is 2.05. The van der Waals surface area contributed by atoms with Gasteiger partial charge in [0.05, 0.1) is 6.54 Å². The van der Waals surface area contributed by atoms with Crippen LogP contribution in [0.15, 0.2) is 71.9 Å². The fourth-order valence-corrected chi connectivity index (χ4v) is 3.11. The van der Waals surface area contributed by atoms with E-state index in [0.717, 1.165) is 30.4 Å². The van der Waals surface area contributed by atoms with Gasteiger partial charge in [-0.25, -0.2) is 0 Å². The number of hydrogen-bond donors (Lipinski definition) is 2. The van der Waals surface area contributed by atoms with Crippen molar-refractivity contribution in [3.63, 3.8) is 0 Å². The minimum Gasteiger partial charge on any atom is -0.356 e. The van der Waals surface area contributed by atoms with Gasteiger partial charge in [-0.1, -0.05) is 48.5 Å². The van der Waals surface area contributed by atoms with Crippen molar-refractivity contribution in [1.29, 1.82) is 0 Å². The van der Waals surface area contributed by atoms with E-state index in [1.165, 1.54) is 16.3 Å². The first-order valence-corrected chi connectivity index (χ1v) is 9.04. The van der Waals surface area contributed by atoms with E-state index >= 15 is 0 Å². The minimum atomic E-state index is 0.556. The fourth-order valence-electron chi connectivity index (χ4n) is 3.11. The van der Waals surface area contributed by atoms with Crippen molar-refractivity contribution in [2.24, 2.45) is 4.99 Å². The van der Waals surface area contributed by atoms with Crippen LogP contribution >= 0.6 is 0 Å². The van der Waals surface area contributed by atoms with E-state index in [2.05, 4.69) is 68.3 Å². The Labute approximate surface area is 158 Å². The van der Waals surface area contributed by atoms with Gasteiger partial charge < -0.3 is 10.6 Å². The molecular formula is C21H22N6. The van der Waals surface area contributed by atoms with Crippen molar-refractivity contribution in [1.82, 2.24) is 25.2 Å². The lowest BCUT2D eigenvalue weighted by atomic mass is 10.1. The van der Waals surface area contributed by atoms with Crippen molar-refractivity contribution in [3.8, 4) is 0 Å². The van der Waals surface area contributed by atoms with Gasteiger partial charge in [0, 0.05) is 19.8 Å². The Balaban J connectivity index is 1.32.